The molecule has 0 bridgehead atoms. The molecule has 0 spiro atoms. The van der Waals surface area contributed by atoms with Crippen LogP contribution in [0.2, 0.25) is 0 Å². The second kappa shape index (κ2) is 9.57. The van der Waals surface area contributed by atoms with Crippen molar-refractivity contribution in [1.82, 2.24) is 0 Å². The van der Waals surface area contributed by atoms with E-state index < -0.39 is 81.3 Å². The van der Waals surface area contributed by atoms with Gasteiger partial charge in [0.05, 0.1) is 10.2 Å². The standard InChI is InChI=1S/C16H6BrF21N2O/c17-6-4(40)1-3(39)2-5(6)41-16(37,38)14(32,33)12(28,29)10(24,25)8(20,21)7(18,19)9(22,23)11(26,27)13(30,31)15(34,35)36/h1-2H,39-40H2. The third kappa shape index (κ3) is 4.81. The zero-order valence-electron chi connectivity index (χ0n) is 18.0. The largest absolute Gasteiger partial charge is 0.471 e. The number of hydrogen-bond donors (Lipinski definition) is 2. The maximum atomic E-state index is 13.9. The van der Waals surface area contributed by atoms with E-state index >= 15 is 0 Å². The summed E-state index contributed by atoms with van der Waals surface area (Å²) in [6.45, 7) is 0. The first-order valence-corrected chi connectivity index (χ1v) is 9.84. The fraction of sp³-hybridized carbons (Fsp3) is 0.625. The second-order valence-corrected chi connectivity index (χ2v) is 8.43. The molecule has 0 aromatic heterocycles. The van der Waals surface area contributed by atoms with Crippen LogP contribution in [0.4, 0.5) is 104 Å². The lowest BCUT2D eigenvalue weighted by Crippen LogP contribution is -2.77. The Hall–Kier alpha value is -2.37. The van der Waals surface area contributed by atoms with E-state index in [1.807, 2.05) is 0 Å². The van der Waals surface area contributed by atoms with Gasteiger partial charge >= 0.3 is 59.7 Å². The topological polar surface area (TPSA) is 61.3 Å². The molecular weight excluding hydrogens is 715 g/mol. The van der Waals surface area contributed by atoms with Gasteiger partial charge in [-0.3, -0.25) is 0 Å². The molecule has 4 N–H and O–H groups in total. The fourth-order valence-electron chi connectivity index (χ4n) is 2.46. The van der Waals surface area contributed by atoms with Gasteiger partial charge in [-0.15, -0.1) is 0 Å². The fourth-order valence-corrected chi connectivity index (χ4v) is 2.77. The van der Waals surface area contributed by atoms with Gasteiger partial charge in [-0.2, -0.15) is 92.2 Å². The highest BCUT2D eigenvalue weighted by Crippen LogP contribution is 2.66. The Morgan fingerprint density at radius 1 is 0.463 bits per heavy atom. The van der Waals surface area contributed by atoms with E-state index in [1.165, 1.54) is 0 Å². The number of rotatable bonds is 10. The van der Waals surface area contributed by atoms with Crippen LogP contribution in [0.15, 0.2) is 16.6 Å². The summed E-state index contributed by atoms with van der Waals surface area (Å²) in [5, 5.41) is 0. The maximum Gasteiger partial charge on any atom is 0.471 e. The van der Waals surface area contributed by atoms with Crippen LogP contribution in [0.5, 0.6) is 5.75 Å². The quantitative estimate of drug-likeness (QED) is 0.189. The molecule has 1 aromatic rings. The predicted molar refractivity (Wildman–Crippen MR) is 94.2 cm³/mol. The molecule has 1 aromatic carbocycles. The van der Waals surface area contributed by atoms with Crippen molar-refractivity contribution < 1.29 is 96.9 Å². The number of halogens is 22. The lowest BCUT2D eigenvalue weighted by atomic mass is 9.87. The Labute approximate surface area is 218 Å². The first kappa shape index (κ1) is 36.7. The average molecular weight is 721 g/mol. The molecule has 0 aliphatic carbocycles. The molecule has 0 heterocycles. The third-order valence-electron chi connectivity index (χ3n) is 4.81. The lowest BCUT2D eigenvalue weighted by Gasteiger charge is -2.44. The minimum atomic E-state index is -9.25. The van der Waals surface area contributed by atoms with Crippen molar-refractivity contribution in [3.63, 3.8) is 0 Å². The van der Waals surface area contributed by atoms with E-state index in [-0.39, 0.29) is 6.07 Å². The highest BCUT2D eigenvalue weighted by atomic mass is 79.9. The van der Waals surface area contributed by atoms with Crippen molar-refractivity contribution in [3.8, 4) is 5.75 Å². The summed E-state index contributed by atoms with van der Waals surface area (Å²) in [6, 6.07) is 0.629. The van der Waals surface area contributed by atoms with Crippen LogP contribution >= 0.6 is 15.9 Å². The van der Waals surface area contributed by atoms with Gasteiger partial charge in [-0.05, 0) is 22.0 Å². The molecule has 0 aliphatic rings. The highest BCUT2D eigenvalue weighted by Gasteiger charge is 2.98. The van der Waals surface area contributed by atoms with Crippen molar-refractivity contribution >= 4 is 27.3 Å². The number of alkyl halides is 21. The molecule has 0 unspecified atom stereocenters. The Bertz CT molecular complexity index is 1150. The summed E-state index contributed by atoms with van der Waals surface area (Å²) in [4.78, 5) is 0. The van der Waals surface area contributed by atoms with Crippen LogP contribution in [0.1, 0.15) is 0 Å². The minimum absolute atomic E-state index is 0.00688. The van der Waals surface area contributed by atoms with E-state index in [0.29, 0.717) is 6.07 Å². The second-order valence-electron chi connectivity index (χ2n) is 7.63. The van der Waals surface area contributed by atoms with Crippen LogP contribution in [-0.4, -0.2) is 59.7 Å². The van der Waals surface area contributed by atoms with Crippen LogP contribution in [-0.2, 0) is 0 Å². The van der Waals surface area contributed by atoms with Crippen LogP contribution in [0.3, 0.4) is 0 Å². The summed E-state index contributed by atoms with van der Waals surface area (Å²) >= 11 is 2.22. The summed E-state index contributed by atoms with van der Waals surface area (Å²) in [6.07, 6.45) is -15.3. The van der Waals surface area contributed by atoms with Crippen molar-refractivity contribution in [2.45, 2.75) is 59.7 Å². The zero-order chi connectivity index (χ0) is 33.4. The van der Waals surface area contributed by atoms with Crippen molar-refractivity contribution in [1.29, 1.82) is 0 Å². The van der Waals surface area contributed by atoms with Crippen LogP contribution < -0.4 is 16.2 Å². The van der Waals surface area contributed by atoms with Gasteiger partial charge in [0.15, 0.2) is 0 Å². The Kier molecular flexibility index (Phi) is 8.56. The number of nitrogens with two attached hydrogens (primary N) is 2. The molecular formula is C16H6BrF21N2O. The first-order valence-electron chi connectivity index (χ1n) is 9.05. The number of anilines is 2. The highest BCUT2D eigenvalue weighted by molar-refractivity contribution is 9.10. The summed E-state index contributed by atoms with van der Waals surface area (Å²) in [7, 11) is 0. The zero-order valence-corrected chi connectivity index (χ0v) is 19.6. The van der Waals surface area contributed by atoms with Gasteiger partial charge in [0, 0.05) is 11.8 Å². The predicted octanol–water partition coefficient (Wildman–Crippen LogP) is 8.23. The molecule has 1 rings (SSSR count). The molecule has 0 aliphatic heterocycles. The smallest absolute Gasteiger partial charge is 0.427 e. The first-order chi connectivity index (χ1) is 17.5. The van der Waals surface area contributed by atoms with Crippen molar-refractivity contribution in [3.05, 3.63) is 16.6 Å². The lowest BCUT2D eigenvalue weighted by molar-refractivity contribution is -0.480. The average Bonchev–Trinajstić information content (AvgIpc) is 2.74. The van der Waals surface area contributed by atoms with Gasteiger partial charge in [0.25, 0.3) is 0 Å². The van der Waals surface area contributed by atoms with Gasteiger partial charge in [-0.25, -0.2) is 0 Å². The summed E-state index contributed by atoms with van der Waals surface area (Å²) < 4.78 is 282. The minimum Gasteiger partial charge on any atom is -0.427 e. The molecule has 25 heteroatoms. The third-order valence-corrected chi connectivity index (χ3v) is 5.66. The van der Waals surface area contributed by atoms with E-state index in [4.69, 9.17) is 11.5 Å². The molecule has 0 atom stereocenters. The number of benzene rings is 1. The van der Waals surface area contributed by atoms with Gasteiger partial charge in [0.1, 0.15) is 5.75 Å². The number of nitrogen functional groups attached to an aromatic ring is 2. The molecule has 3 nitrogen and oxygen atoms in total. The van der Waals surface area contributed by atoms with Crippen molar-refractivity contribution in [2.75, 3.05) is 11.5 Å². The van der Waals surface area contributed by atoms with E-state index in [0.717, 1.165) is 0 Å². The maximum absolute atomic E-state index is 13.9. The Morgan fingerprint density at radius 3 is 1.07 bits per heavy atom. The SMILES string of the molecule is Nc1cc(N)c(Br)c(OC(F)(F)C(F)(F)C(F)(F)C(F)(F)C(F)(F)C(F)(F)C(F)(F)C(F)(F)C(F)(F)C(F)(F)F)c1. The van der Waals surface area contributed by atoms with Crippen LogP contribution in [0, 0.1) is 0 Å². The molecule has 0 fully saturated rings. The molecule has 41 heavy (non-hydrogen) atoms. The molecule has 240 valence electrons. The van der Waals surface area contributed by atoms with E-state index in [9.17, 15) is 92.2 Å². The number of ether oxygens (including phenoxy) is 1. The summed E-state index contributed by atoms with van der Waals surface area (Å²) in [5.41, 5.74) is 8.45. The van der Waals surface area contributed by atoms with Gasteiger partial charge in [-0.1, -0.05) is 0 Å². The van der Waals surface area contributed by atoms with Gasteiger partial charge in [0.2, 0.25) is 0 Å². The molecule has 0 saturated heterocycles. The Balaban J connectivity index is 3.79. The van der Waals surface area contributed by atoms with Crippen LogP contribution in [0.25, 0.3) is 0 Å². The molecule has 0 amide bonds. The van der Waals surface area contributed by atoms with Crippen molar-refractivity contribution in [2.24, 2.45) is 0 Å². The molecule has 0 saturated carbocycles. The van der Waals surface area contributed by atoms with E-state index in [1.54, 1.807) is 0 Å². The monoisotopic (exact) mass is 720 g/mol. The van der Waals surface area contributed by atoms with Gasteiger partial charge < -0.3 is 16.2 Å². The summed E-state index contributed by atoms with van der Waals surface area (Å²) in [5.74, 6) is -73.0. The Morgan fingerprint density at radius 2 is 0.756 bits per heavy atom. The normalized spacial score (nSPS) is 15.8. The number of hydrogen-bond acceptors (Lipinski definition) is 3. The molecule has 0 radical (unpaired) electrons. The van der Waals surface area contributed by atoms with E-state index in [2.05, 4.69) is 20.7 Å².